The molecule has 2 aliphatic carbocycles. The standard InChI is InChI=1S/C28H45N3O.H2/c1-21(2)31(22(3)4)27(32)29-26-20-28(25-15-11-10-14-24(25)26)16-18-30(19-17-28)23-12-8-6-5-7-9-13-23;/h10-11,14-15,21-23,26H,5-9,12-13,16-20H2,1-4H3,(H,29,32);1H/t26-;/m0./s1. The fraction of sp³-hybridized carbons (Fsp3) is 0.750. The lowest BCUT2D eigenvalue weighted by molar-refractivity contribution is 0.0948. The summed E-state index contributed by atoms with van der Waals surface area (Å²) in [6.07, 6.45) is 13.4. The molecule has 1 aromatic rings. The van der Waals surface area contributed by atoms with Crippen molar-refractivity contribution in [3.8, 4) is 0 Å². The summed E-state index contributed by atoms with van der Waals surface area (Å²) in [5, 5.41) is 3.43. The summed E-state index contributed by atoms with van der Waals surface area (Å²) in [6, 6.07) is 10.3. The van der Waals surface area contributed by atoms with Gasteiger partial charge in [-0.25, -0.2) is 4.79 Å². The molecule has 1 aromatic carbocycles. The van der Waals surface area contributed by atoms with Crippen molar-refractivity contribution in [3.05, 3.63) is 35.4 Å². The predicted molar refractivity (Wildman–Crippen MR) is 135 cm³/mol. The Labute approximate surface area is 197 Å². The number of hydrogen-bond acceptors (Lipinski definition) is 2. The molecule has 180 valence electrons. The molecule has 4 heteroatoms. The normalized spacial score (nSPS) is 24.4. The number of benzene rings is 1. The van der Waals surface area contributed by atoms with Crippen molar-refractivity contribution in [1.82, 2.24) is 15.1 Å². The summed E-state index contributed by atoms with van der Waals surface area (Å²) >= 11 is 0. The van der Waals surface area contributed by atoms with Gasteiger partial charge in [-0.1, -0.05) is 56.4 Å². The first-order valence-corrected chi connectivity index (χ1v) is 13.3. The maximum atomic E-state index is 13.2. The maximum absolute atomic E-state index is 13.2. The van der Waals surface area contributed by atoms with Crippen LogP contribution < -0.4 is 5.32 Å². The van der Waals surface area contributed by atoms with E-state index in [9.17, 15) is 4.79 Å². The second-order valence-electron chi connectivity index (χ2n) is 11.2. The molecule has 4 nitrogen and oxygen atoms in total. The molecular formula is C28H47N3O. The molecule has 0 radical (unpaired) electrons. The Hall–Kier alpha value is -1.55. The highest BCUT2D eigenvalue weighted by Gasteiger charge is 2.46. The summed E-state index contributed by atoms with van der Waals surface area (Å²) in [5.41, 5.74) is 3.09. The third-order valence-corrected chi connectivity index (χ3v) is 8.49. The van der Waals surface area contributed by atoms with Crippen LogP contribution >= 0.6 is 0 Å². The number of nitrogens with one attached hydrogen (secondary N) is 1. The predicted octanol–water partition coefficient (Wildman–Crippen LogP) is 6.65. The lowest BCUT2D eigenvalue weighted by Gasteiger charge is -2.44. The van der Waals surface area contributed by atoms with Crippen molar-refractivity contribution >= 4 is 6.03 Å². The largest absolute Gasteiger partial charge is 0.331 e. The Kier molecular flexibility index (Phi) is 7.49. The summed E-state index contributed by atoms with van der Waals surface area (Å²) in [4.78, 5) is 18.0. The topological polar surface area (TPSA) is 35.6 Å². The second kappa shape index (κ2) is 10.2. The number of amides is 2. The minimum Gasteiger partial charge on any atom is -0.331 e. The van der Waals surface area contributed by atoms with Crippen LogP contribution in [0, 0.1) is 0 Å². The van der Waals surface area contributed by atoms with Gasteiger partial charge in [0.2, 0.25) is 0 Å². The molecule has 1 atom stereocenters. The van der Waals surface area contributed by atoms with Gasteiger partial charge in [0.15, 0.2) is 0 Å². The highest BCUT2D eigenvalue weighted by atomic mass is 16.2. The third-order valence-electron chi connectivity index (χ3n) is 8.49. The van der Waals surface area contributed by atoms with Gasteiger partial charge in [0.25, 0.3) is 0 Å². The van der Waals surface area contributed by atoms with Gasteiger partial charge in [0, 0.05) is 25.0 Å². The summed E-state index contributed by atoms with van der Waals surface area (Å²) in [6.45, 7) is 10.8. The van der Waals surface area contributed by atoms with Crippen molar-refractivity contribution in [2.45, 2.75) is 121 Å². The monoisotopic (exact) mass is 441 g/mol. The average molecular weight is 442 g/mol. The molecule has 1 saturated heterocycles. The lowest BCUT2D eigenvalue weighted by Crippen LogP contribution is -2.49. The van der Waals surface area contributed by atoms with E-state index in [4.69, 9.17) is 0 Å². The highest BCUT2D eigenvalue weighted by Crippen LogP contribution is 2.51. The van der Waals surface area contributed by atoms with Gasteiger partial charge in [0.05, 0.1) is 6.04 Å². The van der Waals surface area contributed by atoms with E-state index in [2.05, 4.69) is 62.2 Å². The van der Waals surface area contributed by atoms with Crippen LogP contribution in [0.2, 0.25) is 0 Å². The quantitative estimate of drug-likeness (QED) is 0.567. The highest BCUT2D eigenvalue weighted by molar-refractivity contribution is 5.75. The van der Waals surface area contributed by atoms with Gasteiger partial charge in [0.1, 0.15) is 0 Å². The number of urea groups is 1. The van der Waals surface area contributed by atoms with E-state index in [0.717, 1.165) is 12.5 Å². The molecule has 3 aliphatic rings. The van der Waals surface area contributed by atoms with Gasteiger partial charge < -0.3 is 15.1 Å². The molecule has 4 rings (SSSR count). The van der Waals surface area contributed by atoms with Gasteiger partial charge in [-0.15, -0.1) is 0 Å². The van der Waals surface area contributed by atoms with E-state index < -0.39 is 0 Å². The first-order chi connectivity index (χ1) is 15.4. The maximum Gasteiger partial charge on any atom is 0.318 e. The van der Waals surface area contributed by atoms with Gasteiger partial charge >= 0.3 is 6.03 Å². The summed E-state index contributed by atoms with van der Waals surface area (Å²) in [7, 11) is 0. The van der Waals surface area contributed by atoms with Crippen molar-refractivity contribution in [1.29, 1.82) is 0 Å². The minimum absolute atomic E-state index is 0. The van der Waals surface area contributed by atoms with Gasteiger partial charge in [-0.2, -0.15) is 0 Å². The van der Waals surface area contributed by atoms with E-state index >= 15 is 0 Å². The van der Waals surface area contributed by atoms with E-state index in [-0.39, 0.29) is 31.0 Å². The number of likely N-dealkylation sites (tertiary alicyclic amines) is 1. The molecule has 2 fully saturated rings. The Balaban J connectivity index is 0.00000306. The van der Waals surface area contributed by atoms with Crippen LogP contribution in [0.15, 0.2) is 24.3 Å². The molecule has 1 N–H and O–H groups in total. The van der Waals surface area contributed by atoms with E-state index in [1.807, 2.05) is 4.90 Å². The van der Waals surface area contributed by atoms with Gasteiger partial charge in [-0.05, 0) is 84.0 Å². The molecule has 2 amide bonds. The van der Waals surface area contributed by atoms with Crippen LogP contribution in [0.1, 0.15) is 110 Å². The SMILES string of the molecule is CC(C)N(C(=O)N[C@H]1CC2(CCN(C3CCCCCCC3)CC2)c2ccccc21)C(C)C.[HH]. The Morgan fingerprint density at radius 3 is 2.22 bits per heavy atom. The van der Waals surface area contributed by atoms with Crippen LogP contribution in [0.3, 0.4) is 0 Å². The lowest BCUT2D eigenvalue weighted by atomic mass is 9.73. The summed E-state index contributed by atoms with van der Waals surface area (Å²) in [5.74, 6) is 0. The number of piperidine rings is 1. The van der Waals surface area contributed by atoms with Crippen molar-refractivity contribution in [2.75, 3.05) is 13.1 Å². The number of carbonyl (C=O) groups excluding carboxylic acids is 1. The van der Waals surface area contributed by atoms with Crippen molar-refractivity contribution < 1.29 is 6.22 Å². The smallest absolute Gasteiger partial charge is 0.318 e. The van der Waals surface area contributed by atoms with Crippen LogP contribution in [0.5, 0.6) is 0 Å². The van der Waals surface area contributed by atoms with Crippen LogP contribution in [-0.4, -0.2) is 47.0 Å². The fourth-order valence-corrected chi connectivity index (χ4v) is 6.90. The molecule has 1 spiro atoms. The molecule has 32 heavy (non-hydrogen) atoms. The van der Waals surface area contributed by atoms with Crippen LogP contribution in [0.4, 0.5) is 4.79 Å². The number of carbonyl (C=O) groups is 1. The van der Waals surface area contributed by atoms with E-state index in [0.29, 0.717) is 0 Å². The first kappa shape index (κ1) is 23.6. The van der Waals surface area contributed by atoms with E-state index in [1.165, 1.54) is 82.0 Å². The first-order valence-electron chi connectivity index (χ1n) is 13.3. The zero-order valence-corrected chi connectivity index (χ0v) is 20.9. The zero-order chi connectivity index (χ0) is 22.7. The summed E-state index contributed by atoms with van der Waals surface area (Å²) < 4.78 is 0. The number of fused-ring (bicyclic) bond motifs is 2. The zero-order valence-electron chi connectivity index (χ0n) is 20.9. The van der Waals surface area contributed by atoms with Crippen molar-refractivity contribution in [3.63, 3.8) is 0 Å². The van der Waals surface area contributed by atoms with Crippen LogP contribution in [0.25, 0.3) is 0 Å². The Bertz CT molecular complexity index is 756. The third kappa shape index (κ3) is 4.85. The fourth-order valence-electron chi connectivity index (χ4n) is 6.90. The number of rotatable bonds is 4. The molecule has 0 unspecified atom stereocenters. The molecule has 1 aliphatic heterocycles. The number of nitrogens with zero attached hydrogens (tertiary/aromatic N) is 2. The minimum atomic E-state index is 0. The molecular weight excluding hydrogens is 394 g/mol. The molecule has 0 aromatic heterocycles. The van der Waals surface area contributed by atoms with Gasteiger partial charge in [-0.3, -0.25) is 0 Å². The molecule has 0 bridgehead atoms. The Morgan fingerprint density at radius 2 is 1.59 bits per heavy atom. The number of hydrogen-bond donors (Lipinski definition) is 1. The van der Waals surface area contributed by atoms with E-state index in [1.54, 1.807) is 0 Å². The second-order valence-corrected chi connectivity index (χ2v) is 11.2. The average Bonchev–Trinajstić information content (AvgIpc) is 3.01. The molecule has 1 heterocycles. The Morgan fingerprint density at radius 1 is 1.00 bits per heavy atom. The van der Waals surface area contributed by atoms with Crippen molar-refractivity contribution in [2.24, 2.45) is 0 Å². The molecule has 1 saturated carbocycles. The van der Waals surface area contributed by atoms with Crippen LogP contribution in [-0.2, 0) is 5.41 Å².